The van der Waals surface area contributed by atoms with E-state index in [0.29, 0.717) is 0 Å². The van der Waals surface area contributed by atoms with Crippen molar-refractivity contribution < 1.29 is 15.0 Å². The van der Waals surface area contributed by atoms with Gasteiger partial charge in [-0.2, -0.15) is 0 Å². The molecule has 20 heavy (non-hydrogen) atoms. The molecule has 0 spiro atoms. The number of anilines is 1. The third-order valence-corrected chi connectivity index (χ3v) is 3.86. The van der Waals surface area contributed by atoms with Crippen LogP contribution in [0.4, 0.5) is 5.69 Å². The molecule has 2 rings (SSSR count). The smallest absolute Gasteiger partial charge is 0.243 e. The molecule has 0 fully saturated rings. The van der Waals surface area contributed by atoms with Crippen LogP contribution in [0.2, 0.25) is 0 Å². The molecule has 0 radical (unpaired) electrons. The summed E-state index contributed by atoms with van der Waals surface area (Å²) in [5, 5.41) is 22.5. The fourth-order valence-electron chi connectivity index (χ4n) is 2.84. The van der Waals surface area contributed by atoms with Crippen LogP contribution in [0, 0.1) is 5.92 Å². The minimum Gasteiger partial charge on any atom is -0.394 e. The summed E-state index contributed by atoms with van der Waals surface area (Å²) < 4.78 is 0. The molecule has 5 heteroatoms. The zero-order valence-electron chi connectivity index (χ0n) is 12.1. The second-order valence-corrected chi connectivity index (χ2v) is 5.60. The number of amides is 1. The van der Waals surface area contributed by atoms with Gasteiger partial charge in [-0.3, -0.25) is 4.79 Å². The van der Waals surface area contributed by atoms with E-state index in [4.69, 9.17) is 0 Å². The largest absolute Gasteiger partial charge is 0.394 e. The molecule has 0 aliphatic carbocycles. The molecule has 1 heterocycles. The molecule has 0 aromatic heterocycles. The summed E-state index contributed by atoms with van der Waals surface area (Å²) in [5.74, 6) is -0.0576. The minimum atomic E-state index is -0.921. The summed E-state index contributed by atoms with van der Waals surface area (Å²) in [7, 11) is 1.86. The van der Waals surface area contributed by atoms with Crippen molar-refractivity contribution in [3.63, 3.8) is 0 Å². The summed E-state index contributed by atoms with van der Waals surface area (Å²) in [5.41, 5.74) is 1.55. The number of hydrogen-bond donors (Lipinski definition) is 3. The molecule has 1 aliphatic rings. The van der Waals surface area contributed by atoms with Crippen LogP contribution in [-0.2, 0) is 4.79 Å². The number of para-hydroxylation sites is 1. The number of nitrogens with one attached hydrogen (secondary N) is 1. The lowest BCUT2D eigenvalue weighted by Crippen LogP contribution is -2.55. The number of fused-ring (bicyclic) bond motifs is 1. The monoisotopic (exact) mass is 278 g/mol. The number of rotatable bonds is 2. The molecule has 0 saturated heterocycles. The zero-order valence-corrected chi connectivity index (χ0v) is 12.1. The van der Waals surface area contributed by atoms with Gasteiger partial charge in [-0.15, -0.1) is 0 Å². The van der Waals surface area contributed by atoms with Gasteiger partial charge in [0.1, 0.15) is 12.1 Å². The highest BCUT2D eigenvalue weighted by atomic mass is 16.3. The van der Waals surface area contributed by atoms with Crippen LogP contribution in [-0.4, -0.2) is 41.9 Å². The maximum atomic E-state index is 12.4. The van der Waals surface area contributed by atoms with E-state index in [1.807, 2.05) is 50.1 Å². The summed E-state index contributed by atoms with van der Waals surface area (Å²) in [4.78, 5) is 14.3. The van der Waals surface area contributed by atoms with Gasteiger partial charge in [0.2, 0.25) is 5.91 Å². The van der Waals surface area contributed by atoms with Crippen molar-refractivity contribution in [1.82, 2.24) is 5.32 Å². The summed E-state index contributed by atoms with van der Waals surface area (Å²) in [6.07, 6.45) is -0.921. The number of carbonyl (C=O) groups excluding carboxylic acids is 1. The van der Waals surface area contributed by atoms with Gasteiger partial charge in [-0.25, -0.2) is 0 Å². The van der Waals surface area contributed by atoms with E-state index < -0.39 is 12.1 Å². The Bertz CT molecular complexity index is 490. The summed E-state index contributed by atoms with van der Waals surface area (Å²) in [6.45, 7) is 3.67. The van der Waals surface area contributed by atoms with Gasteiger partial charge in [-0.05, 0) is 12.0 Å². The van der Waals surface area contributed by atoms with Crippen molar-refractivity contribution in [3.8, 4) is 0 Å². The molecular weight excluding hydrogens is 256 g/mol. The Balaban J connectivity index is 2.54. The fraction of sp³-hybridized carbons (Fsp3) is 0.533. The summed E-state index contributed by atoms with van der Waals surface area (Å²) in [6, 6.07) is 6.43. The second-order valence-electron chi connectivity index (χ2n) is 5.60. The Hall–Kier alpha value is -1.59. The van der Waals surface area contributed by atoms with Crippen molar-refractivity contribution in [1.29, 1.82) is 0 Å². The molecule has 0 unspecified atom stereocenters. The molecule has 1 aliphatic heterocycles. The van der Waals surface area contributed by atoms with Crippen molar-refractivity contribution in [2.75, 3.05) is 18.6 Å². The Kier molecular flexibility index (Phi) is 4.30. The van der Waals surface area contributed by atoms with Gasteiger partial charge in [-0.1, -0.05) is 32.0 Å². The average Bonchev–Trinajstić information content (AvgIpc) is 2.42. The Morgan fingerprint density at radius 1 is 1.35 bits per heavy atom. The maximum Gasteiger partial charge on any atom is 0.243 e. The first-order valence-corrected chi connectivity index (χ1v) is 6.88. The lowest BCUT2D eigenvalue weighted by molar-refractivity contribution is -0.125. The lowest BCUT2D eigenvalue weighted by Gasteiger charge is -2.38. The molecule has 5 nitrogen and oxygen atoms in total. The van der Waals surface area contributed by atoms with Crippen molar-refractivity contribution in [2.45, 2.75) is 32.0 Å². The quantitative estimate of drug-likeness (QED) is 0.743. The van der Waals surface area contributed by atoms with Crippen LogP contribution in [0.1, 0.15) is 25.5 Å². The van der Waals surface area contributed by atoms with Gasteiger partial charge < -0.3 is 20.4 Å². The third kappa shape index (κ3) is 2.51. The van der Waals surface area contributed by atoms with Crippen molar-refractivity contribution in [3.05, 3.63) is 29.8 Å². The molecule has 1 aromatic rings. The first-order chi connectivity index (χ1) is 9.47. The van der Waals surface area contributed by atoms with E-state index in [1.54, 1.807) is 0 Å². The number of aliphatic hydroxyl groups excluding tert-OH is 2. The number of likely N-dealkylation sites (N-methyl/N-ethyl adjacent to an activating group) is 1. The third-order valence-electron chi connectivity index (χ3n) is 3.86. The first kappa shape index (κ1) is 14.8. The molecule has 0 bridgehead atoms. The molecule has 110 valence electrons. The molecule has 0 saturated carbocycles. The number of hydrogen-bond acceptors (Lipinski definition) is 4. The average molecular weight is 278 g/mol. The normalized spacial score (nSPS) is 26.8. The predicted molar refractivity (Wildman–Crippen MR) is 77.4 cm³/mol. The molecule has 1 amide bonds. The molecule has 3 N–H and O–H groups in total. The Labute approximate surface area is 119 Å². The van der Waals surface area contributed by atoms with Gasteiger partial charge in [0.25, 0.3) is 0 Å². The number of nitrogens with zero attached hydrogens (tertiary/aromatic N) is 1. The SMILES string of the molecule is CC(C)[C@H]1C(=O)N[C@H](CO)[C@H](O)c2ccccc2N1C. The highest BCUT2D eigenvalue weighted by molar-refractivity contribution is 5.86. The minimum absolute atomic E-state index is 0.114. The van der Waals surface area contributed by atoms with Crippen molar-refractivity contribution in [2.24, 2.45) is 5.92 Å². The van der Waals surface area contributed by atoms with Crippen molar-refractivity contribution >= 4 is 11.6 Å². The van der Waals surface area contributed by atoms with Crippen LogP contribution >= 0.6 is 0 Å². The molecular formula is C15H22N2O3. The Morgan fingerprint density at radius 2 is 2.00 bits per heavy atom. The van der Waals surface area contributed by atoms with Gasteiger partial charge in [0.05, 0.1) is 12.6 Å². The van der Waals surface area contributed by atoms with E-state index in [0.717, 1.165) is 11.3 Å². The van der Waals surface area contributed by atoms with E-state index >= 15 is 0 Å². The highest BCUT2D eigenvalue weighted by Gasteiger charge is 2.35. The van der Waals surface area contributed by atoms with Crippen LogP contribution < -0.4 is 10.2 Å². The topological polar surface area (TPSA) is 72.8 Å². The van der Waals surface area contributed by atoms with E-state index in [9.17, 15) is 15.0 Å². The number of aliphatic hydroxyl groups is 2. The lowest BCUT2D eigenvalue weighted by atomic mass is 9.93. The molecule has 3 atom stereocenters. The standard InChI is InChI=1S/C15H22N2O3/c1-9(2)13-15(20)16-11(8-18)14(19)10-6-4-5-7-12(10)17(13)3/h4-7,9,11,13-14,18-19H,8H2,1-3H3,(H,16,20)/t11-,13+,14-/m1/s1. The number of benzene rings is 1. The summed E-state index contributed by atoms with van der Waals surface area (Å²) >= 11 is 0. The molecule has 1 aromatic carbocycles. The first-order valence-electron chi connectivity index (χ1n) is 6.88. The van der Waals surface area contributed by atoms with E-state index in [2.05, 4.69) is 5.32 Å². The highest BCUT2D eigenvalue weighted by Crippen LogP contribution is 2.32. The number of carbonyl (C=O) groups is 1. The van der Waals surface area contributed by atoms with E-state index in [1.165, 1.54) is 0 Å². The maximum absolute atomic E-state index is 12.4. The van der Waals surface area contributed by atoms with E-state index in [-0.39, 0.29) is 24.5 Å². The fourth-order valence-corrected chi connectivity index (χ4v) is 2.84. The predicted octanol–water partition coefficient (Wildman–Crippen LogP) is 0.671. The van der Waals surface area contributed by atoms with Gasteiger partial charge in [0.15, 0.2) is 0 Å². The van der Waals surface area contributed by atoms with Crippen LogP contribution in [0.15, 0.2) is 24.3 Å². The van der Waals surface area contributed by atoms with Gasteiger partial charge >= 0.3 is 0 Å². The van der Waals surface area contributed by atoms with Crippen LogP contribution in [0.3, 0.4) is 0 Å². The van der Waals surface area contributed by atoms with Gasteiger partial charge in [0, 0.05) is 18.3 Å². The Morgan fingerprint density at radius 3 is 2.60 bits per heavy atom. The second kappa shape index (κ2) is 5.81. The van der Waals surface area contributed by atoms with Crippen LogP contribution in [0.5, 0.6) is 0 Å². The zero-order chi connectivity index (χ0) is 14.9. The van der Waals surface area contributed by atoms with Crippen LogP contribution in [0.25, 0.3) is 0 Å².